The van der Waals surface area contributed by atoms with Gasteiger partial charge in [-0.2, -0.15) is 0 Å². The van der Waals surface area contributed by atoms with E-state index in [2.05, 4.69) is 0 Å². The molecule has 0 amide bonds. The summed E-state index contributed by atoms with van der Waals surface area (Å²) >= 11 is 0. The Balaban J connectivity index is 1.29. The van der Waals surface area contributed by atoms with Crippen LogP contribution in [0.4, 0.5) is 0 Å². The third kappa shape index (κ3) is 7.73. The first-order valence-corrected chi connectivity index (χ1v) is 16.7. The standard InChI is InChI=1S/C42H40O7/c43-24-35-21-22-36-29-48-42(37(36)23-35)41(47-28-34-19-11-4-12-20-34)40(46-27-33-17-9-3-10-18-33)39(45-26-32-15-7-2-8-16-32)38(49-42)30-44-25-31-13-5-1-6-14-31/h1-24,38-41H,25-30H2/t38-,39-,40+,41-,42+/m1/s1. The molecule has 5 atom stereocenters. The smallest absolute Gasteiger partial charge is 0.226 e. The molecule has 1 fully saturated rings. The summed E-state index contributed by atoms with van der Waals surface area (Å²) in [4.78, 5) is 12.0. The quantitative estimate of drug-likeness (QED) is 0.114. The lowest BCUT2D eigenvalue weighted by Crippen LogP contribution is -2.65. The summed E-state index contributed by atoms with van der Waals surface area (Å²) in [7, 11) is 0. The van der Waals surface area contributed by atoms with E-state index in [4.69, 9.17) is 28.4 Å². The molecule has 5 aromatic carbocycles. The minimum absolute atomic E-state index is 0.207. The lowest BCUT2D eigenvalue weighted by atomic mass is 9.86. The van der Waals surface area contributed by atoms with Crippen LogP contribution >= 0.6 is 0 Å². The molecule has 0 saturated carbocycles. The third-order valence-electron chi connectivity index (χ3n) is 9.01. The lowest BCUT2D eigenvalue weighted by molar-refractivity contribution is -0.387. The Kier molecular flexibility index (Phi) is 10.7. The summed E-state index contributed by atoms with van der Waals surface area (Å²) in [6.07, 6.45) is -1.81. The molecule has 1 saturated heterocycles. The monoisotopic (exact) mass is 656 g/mol. The Morgan fingerprint density at radius 2 is 1.12 bits per heavy atom. The van der Waals surface area contributed by atoms with Crippen LogP contribution in [0, 0.1) is 0 Å². The molecule has 7 rings (SSSR count). The Hall–Kier alpha value is -4.47. The van der Waals surface area contributed by atoms with Gasteiger partial charge in [-0.05, 0) is 33.9 Å². The molecule has 0 aliphatic carbocycles. The van der Waals surface area contributed by atoms with Crippen molar-refractivity contribution in [2.45, 2.75) is 63.2 Å². The van der Waals surface area contributed by atoms with E-state index in [-0.39, 0.29) is 19.8 Å². The zero-order chi connectivity index (χ0) is 33.3. The molecule has 2 heterocycles. The molecular weight excluding hydrogens is 616 g/mol. The summed E-state index contributed by atoms with van der Waals surface area (Å²) in [5, 5.41) is 0. The fraction of sp³-hybridized carbons (Fsp3) is 0.262. The Labute approximate surface area is 287 Å². The zero-order valence-electron chi connectivity index (χ0n) is 27.3. The van der Waals surface area contributed by atoms with Crippen LogP contribution in [0.3, 0.4) is 0 Å². The summed E-state index contributed by atoms with van der Waals surface area (Å²) < 4.78 is 40.6. The van der Waals surface area contributed by atoms with Crippen LogP contribution in [0.5, 0.6) is 0 Å². The average molecular weight is 657 g/mol. The number of ether oxygens (including phenoxy) is 6. The van der Waals surface area contributed by atoms with Crippen LogP contribution in [-0.2, 0) is 67.2 Å². The van der Waals surface area contributed by atoms with Gasteiger partial charge in [0.2, 0.25) is 5.79 Å². The van der Waals surface area contributed by atoms with E-state index >= 15 is 0 Å². The van der Waals surface area contributed by atoms with E-state index in [0.717, 1.165) is 39.7 Å². The van der Waals surface area contributed by atoms with Gasteiger partial charge < -0.3 is 28.4 Å². The average Bonchev–Trinajstić information content (AvgIpc) is 3.52. The topological polar surface area (TPSA) is 72.5 Å². The third-order valence-corrected chi connectivity index (χ3v) is 9.01. The maximum atomic E-state index is 12.0. The van der Waals surface area contributed by atoms with Crippen molar-refractivity contribution in [3.8, 4) is 0 Å². The zero-order valence-corrected chi connectivity index (χ0v) is 27.3. The van der Waals surface area contributed by atoms with E-state index < -0.39 is 30.2 Å². The minimum Gasteiger partial charge on any atom is -0.374 e. The second kappa shape index (κ2) is 15.8. The van der Waals surface area contributed by atoms with E-state index in [9.17, 15) is 4.79 Å². The Morgan fingerprint density at radius 3 is 1.67 bits per heavy atom. The van der Waals surface area contributed by atoms with Crippen LogP contribution in [0.2, 0.25) is 0 Å². The van der Waals surface area contributed by atoms with Crippen molar-refractivity contribution in [3.63, 3.8) is 0 Å². The van der Waals surface area contributed by atoms with E-state index in [1.165, 1.54) is 0 Å². The van der Waals surface area contributed by atoms with Crippen molar-refractivity contribution in [2.24, 2.45) is 0 Å². The second-order valence-electron chi connectivity index (χ2n) is 12.4. The highest BCUT2D eigenvalue weighted by molar-refractivity contribution is 5.75. The molecule has 0 bridgehead atoms. The number of carbonyl (C=O) groups excluding carboxylic acids is 1. The fourth-order valence-electron chi connectivity index (χ4n) is 6.55. The Morgan fingerprint density at radius 1 is 0.612 bits per heavy atom. The molecule has 1 spiro atoms. The SMILES string of the molecule is O=Cc1ccc2c(c1)[C@]1(OC2)O[C@H](COCc2ccccc2)[C@@H](OCc2ccccc2)[C@H](OCc2ccccc2)[C@H]1OCc1ccccc1. The van der Waals surface area contributed by atoms with E-state index in [1.807, 2.05) is 133 Å². The first-order valence-electron chi connectivity index (χ1n) is 16.7. The lowest BCUT2D eigenvalue weighted by Gasteiger charge is -2.51. The van der Waals surface area contributed by atoms with E-state index in [1.54, 1.807) is 6.07 Å². The van der Waals surface area contributed by atoms with Crippen LogP contribution in [-0.4, -0.2) is 37.3 Å². The molecule has 2 aliphatic rings. The van der Waals surface area contributed by atoms with Crippen molar-refractivity contribution in [1.29, 1.82) is 0 Å². The van der Waals surface area contributed by atoms with Gasteiger partial charge >= 0.3 is 0 Å². The van der Waals surface area contributed by atoms with Gasteiger partial charge in [0.05, 0.1) is 39.6 Å². The minimum atomic E-state index is -1.39. The fourth-order valence-corrected chi connectivity index (χ4v) is 6.55. The molecule has 7 heteroatoms. The summed E-state index contributed by atoms with van der Waals surface area (Å²) in [5.74, 6) is -1.39. The predicted octanol–water partition coefficient (Wildman–Crippen LogP) is 7.55. The largest absolute Gasteiger partial charge is 0.374 e. The normalized spacial score (nSPS) is 22.9. The molecule has 0 unspecified atom stereocenters. The molecule has 7 nitrogen and oxygen atoms in total. The highest BCUT2D eigenvalue weighted by atomic mass is 16.7. The van der Waals surface area contributed by atoms with Gasteiger partial charge in [0.25, 0.3) is 0 Å². The van der Waals surface area contributed by atoms with Crippen molar-refractivity contribution in [1.82, 2.24) is 0 Å². The Bertz CT molecular complexity index is 1770. The van der Waals surface area contributed by atoms with Gasteiger partial charge in [-0.15, -0.1) is 0 Å². The maximum absolute atomic E-state index is 12.0. The number of rotatable bonds is 14. The predicted molar refractivity (Wildman–Crippen MR) is 184 cm³/mol. The first-order chi connectivity index (χ1) is 24.2. The van der Waals surface area contributed by atoms with Gasteiger partial charge in [-0.1, -0.05) is 133 Å². The molecule has 0 radical (unpaired) electrons. The summed E-state index contributed by atoms with van der Waals surface area (Å²) in [5.41, 5.74) is 6.28. The molecule has 0 aromatic heterocycles. The number of hydrogen-bond donors (Lipinski definition) is 0. The van der Waals surface area contributed by atoms with Crippen LogP contribution < -0.4 is 0 Å². The number of fused-ring (bicyclic) bond motifs is 2. The number of hydrogen-bond acceptors (Lipinski definition) is 7. The highest BCUT2D eigenvalue weighted by Crippen LogP contribution is 2.49. The number of aldehydes is 1. The van der Waals surface area contributed by atoms with E-state index in [0.29, 0.717) is 25.4 Å². The van der Waals surface area contributed by atoms with Gasteiger partial charge in [0, 0.05) is 11.1 Å². The highest BCUT2D eigenvalue weighted by Gasteiger charge is 2.61. The molecule has 49 heavy (non-hydrogen) atoms. The van der Waals surface area contributed by atoms with Crippen molar-refractivity contribution < 1.29 is 33.2 Å². The molecule has 5 aromatic rings. The number of carbonyl (C=O) groups is 1. The van der Waals surface area contributed by atoms with Crippen molar-refractivity contribution >= 4 is 6.29 Å². The van der Waals surface area contributed by atoms with Gasteiger partial charge in [-0.3, -0.25) is 4.79 Å². The van der Waals surface area contributed by atoms with Crippen LogP contribution in [0.15, 0.2) is 140 Å². The van der Waals surface area contributed by atoms with Gasteiger partial charge in [0.1, 0.15) is 30.7 Å². The summed E-state index contributed by atoms with van der Waals surface area (Å²) in [6, 6.07) is 45.7. The molecule has 0 N–H and O–H groups in total. The second-order valence-corrected chi connectivity index (χ2v) is 12.4. The molecular formula is C42H40O7. The summed E-state index contributed by atoms with van der Waals surface area (Å²) in [6.45, 7) is 1.83. The maximum Gasteiger partial charge on any atom is 0.226 e. The van der Waals surface area contributed by atoms with Gasteiger partial charge in [0.15, 0.2) is 0 Å². The molecule has 250 valence electrons. The van der Waals surface area contributed by atoms with Crippen molar-refractivity contribution in [2.75, 3.05) is 6.61 Å². The van der Waals surface area contributed by atoms with Gasteiger partial charge in [-0.25, -0.2) is 0 Å². The van der Waals surface area contributed by atoms with Crippen molar-refractivity contribution in [3.05, 3.63) is 178 Å². The van der Waals surface area contributed by atoms with Crippen LogP contribution in [0.1, 0.15) is 43.7 Å². The number of benzene rings is 5. The van der Waals surface area contributed by atoms with Crippen LogP contribution in [0.25, 0.3) is 0 Å². The molecule has 2 aliphatic heterocycles. The first kappa shape index (κ1) is 33.0.